The number of rotatable bonds is 5. The number of nitrogens with zero attached hydrogens (tertiary/aromatic N) is 7. The Morgan fingerprint density at radius 3 is 2.79 bits per heavy atom. The molecule has 9 nitrogen and oxygen atoms in total. The number of halogens is 3. The maximum atomic E-state index is 13.2. The van der Waals surface area contributed by atoms with Crippen LogP contribution in [0.4, 0.5) is 24.7 Å². The number of amides is 1. The molecule has 0 bridgehead atoms. The van der Waals surface area contributed by atoms with Crippen LogP contribution in [-0.2, 0) is 30.5 Å². The number of hydrogen-bond acceptors (Lipinski definition) is 7. The molecule has 5 heterocycles. The molecule has 34 heavy (non-hydrogen) atoms. The highest BCUT2D eigenvalue weighted by molar-refractivity contribution is 7.18. The minimum Gasteiger partial charge on any atom is -0.347 e. The number of carbonyl (C=O) groups is 1. The summed E-state index contributed by atoms with van der Waals surface area (Å²) in [7, 11) is 0. The molecular weight excluding hydrogens is 469 g/mol. The standard InChI is InChI=1S/C21H21F3N8OS/c1-3-4-14-9-15-17(30-7-8-32-16(11-30)28-29-19(32)21(22,23)24)26-20(27-18(15)34-14)31-6-5-13(10-31)25-12(2)33/h5-6,9-10H,3-4,7-8,11H2,1-2H3,(H,25,33). The van der Waals surface area contributed by atoms with Gasteiger partial charge in [-0.1, -0.05) is 13.3 Å². The third kappa shape index (κ3) is 4.11. The maximum absolute atomic E-state index is 13.2. The van der Waals surface area contributed by atoms with Crippen molar-refractivity contribution in [3.8, 4) is 5.95 Å². The number of nitrogens with one attached hydrogen (secondary N) is 1. The molecule has 0 aromatic carbocycles. The Morgan fingerprint density at radius 2 is 2.06 bits per heavy atom. The van der Waals surface area contributed by atoms with E-state index in [-0.39, 0.29) is 24.8 Å². The quantitative estimate of drug-likeness (QED) is 0.454. The molecule has 1 amide bonds. The molecule has 4 aromatic rings. The fourth-order valence-electron chi connectivity index (χ4n) is 4.02. The number of aromatic nitrogens is 6. The highest BCUT2D eigenvalue weighted by Crippen LogP contribution is 2.35. The summed E-state index contributed by atoms with van der Waals surface area (Å²) in [6.07, 6.45) is 0.794. The highest BCUT2D eigenvalue weighted by Gasteiger charge is 2.39. The van der Waals surface area contributed by atoms with Crippen molar-refractivity contribution in [1.29, 1.82) is 0 Å². The molecule has 1 aliphatic rings. The Labute approximate surface area is 196 Å². The molecule has 0 atom stereocenters. The van der Waals surface area contributed by atoms with E-state index >= 15 is 0 Å². The number of carbonyl (C=O) groups excluding carboxylic acids is 1. The van der Waals surface area contributed by atoms with Gasteiger partial charge in [0, 0.05) is 37.3 Å². The van der Waals surface area contributed by atoms with E-state index in [4.69, 9.17) is 9.97 Å². The molecule has 0 fully saturated rings. The predicted molar refractivity (Wildman–Crippen MR) is 121 cm³/mol. The van der Waals surface area contributed by atoms with Crippen LogP contribution in [-0.4, -0.2) is 41.8 Å². The minimum atomic E-state index is -4.55. The van der Waals surface area contributed by atoms with Gasteiger partial charge < -0.3 is 14.8 Å². The topological polar surface area (TPSA) is 93.8 Å². The summed E-state index contributed by atoms with van der Waals surface area (Å²) in [6.45, 7) is 4.09. The van der Waals surface area contributed by atoms with E-state index in [9.17, 15) is 18.0 Å². The summed E-state index contributed by atoms with van der Waals surface area (Å²) in [5, 5.41) is 10.7. The van der Waals surface area contributed by atoms with E-state index < -0.39 is 12.0 Å². The second kappa shape index (κ2) is 8.38. The maximum Gasteiger partial charge on any atom is 0.451 e. The first kappa shape index (κ1) is 22.3. The van der Waals surface area contributed by atoms with Crippen molar-refractivity contribution in [3.05, 3.63) is 41.1 Å². The fraction of sp³-hybridized carbons (Fsp3) is 0.381. The Morgan fingerprint density at radius 1 is 1.24 bits per heavy atom. The van der Waals surface area contributed by atoms with Crippen LogP contribution in [0.3, 0.4) is 0 Å². The minimum absolute atomic E-state index is 0.0974. The third-order valence-electron chi connectivity index (χ3n) is 5.46. The molecule has 13 heteroatoms. The van der Waals surface area contributed by atoms with Crippen molar-refractivity contribution in [1.82, 2.24) is 29.3 Å². The van der Waals surface area contributed by atoms with Gasteiger partial charge in [-0.15, -0.1) is 21.5 Å². The van der Waals surface area contributed by atoms with Crippen molar-refractivity contribution < 1.29 is 18.0 Å². The normalized spacial score (nSPS) is 14.0. The van der Waals surface area contributed by atoms with Gasteiger partial charge in [0.1, 0.15) is 10.6 Å². The van der Waals surface area contributed by atoms with Crippen LogP contribution in [0, 0.1) is 0 Å². The number of thiophene rings is 1. The van der Waals surface area contributed by atoms with Crippen molar-refractivity contribution in [3.63, 3.8) is 0 Å². The van der Waals surface area contributed by atoms with E-state index in [1.165, 1.54) is 6.92 Å². The van der Waals surface area contributed by atoms with Gasteiger partial charge in [-0.25, -0.2) is 4.98 Å². The molecule has 0 saturated heterocycles. The summed E-state index contributed by atoms with van der Waals surface area (Å²) in [6, 6.07) is 3.80. The molecule has 0 radical (unpaired) electrons. The summed E-state index contributed by atoms with van der Waals surface area (Å²) in [5.74, 6) is 0.121. The predicted octanol–water partition coefficient (Wildman–Crippen LogP) is 4.02. The summed E-state index contributed by atoms with van der Waals surface area (Å²) in [5.41, 5.74) is 0.612. The van der Waals surface area contributed by atoms with Gasteiger partial charge in [0.05, 0.1) is 17.6 Å². The van der Waals surface area contributed by atoms with E-state index in [1.807, 2.05) is 4.90 Å². The van der Waals surface area contributed by atoms with E-state index in [2.05, 4.69) is 28.5 Å². The molecule has 5 rings (SSSR count). The monoisotopic (exact) mass is 490 g/mol. The van der Waals surface area contributed by atoms with Crippen molar-refractivity contribution in [2.24, 2.45) is 0 Å². The zero-order chi connectivity index (χ0) is 24.0. The average Bonchev–Trinajstić information content (AvgIpc) is 3.49. The number of hydrogen-bond donors (Lipinski definition) is 1. The molecule has 0 saturated carbocycles. The summed E-state index contributed by atoms with van der Waals surface area (Å²) < 4.78 is 42.6. The van der Waals surface area contributed by atoms with Crippen LogP contribution >= 0.6 is 11.3 Å². The van der Waals surface area contributed by atoms with Gasteiger partial charge in [0.2, 0.25) is 17.7 Å². The number of fused-ring (bicyclic) bond motifs is 2. The SMILES string of the molecule is CCCc1cc2c(N3CCn4c(nnc4C(F)(F)F)C3)nc(-n3ccc(NC(C)=O)c3)nc2s1. The van der Waals surface area contributed by atoms with Crippen LogP contribution < -0.4 is 10.2 Å². The van der Waals surface area contributed by atoms with Crippen LogP contribution in [0.15, 0.2) is 24.5 Å². The third-order valence-corrected chi connectivity index (χ3v) is 6.55. The van der Waals surface area contributed by atoms with Gasteiger partial charge in [0.25, 0.3) is 0 Å². The van der Waals surface area contributed by atoms with E-state index in [0.717, 1.165) is 32.5 Å². The molecule has 4 aromatic heterocycles. The van der Waals surface area contributed by atoms with Gasteiger partial charge in [-0.05, 0) is 18.6 Å². The second-order valence-electron chi connectivity index (χ2n) is 8.03. The first-order valence-corrected chi connectivity index (χ1v) is 11.5. The lowest BCUT2D eigenvalue weighted by Crippen LogP contribution is -2.36. The van der Waals surface area contributed by atoms with Gasteiger partial charge >= 0.3 is 6.18 Å². The summed E-state index contributed by atoms with van der Waals surface area (Å²) in [4.78, 5) is 24.8. The first-order valence-electron chi connectivity index (χ1n) is 10.7. The Kier molecular flexibility index (Phi) is 5.50. The largest absolute Gasteiger partial charge is 0.451 e. The lowest BCUT2D eigenvalue weighted by atomic mass is 10.2. The van der Waals surface area contributed by atoms with Crippen LogP contribution in [0.25, 0.3) is 16.2 Å². The van der Waals surface area contributed by atoms with E-state index in [1.54, 1.807) is 34.4 Å². The zero-order valence-corrected chi connectivity index (χ0v) is 19.2. The first-order chi connectivity index (χ1) is 16.2. The molecular formula is C21H21F3N8OS. The summed E-state index contributed by atoms with van der Waals surface area (Å²) >= 11 is 1.58. The molecule has 0 unspecified atom stereocenters. The van der Waals surface area contributed by atoms with Gasteiger partial charge in [0.15, 0.2) is 5.82 Å². The molecule has 178 valence electrons. The molecule has 1 N–H and O–H groups in total. The lowest BCUT2D eigenvalue weighted by molar-refractivity contribution is -0.147. The average molecular weight is 491 g/mol. The van der Waals surface area contributed by atoms with Gasteiger partial charge in [-0.2, -0.15) is 18.2 Å². The van der Waals surface area contributed by atoms with Crippen LogP contribution in [0.1, 0.15) is 36.8 Å². The van der Waals surface area contributed by atoms with Crippen LogP contribution in [0.2, 0.25) is 0 Å². The van der Waals surface area contributed by atoms with Gasteiger partial charge in [-0.3, -0.25) is 9.36 Å². The smallest absolute Gasteiger partial charge is 0.347 e. The lowest BCUT2D eigenvalue weighted by Gasteiger charge is -2.29. The van der Waals surface area contributed by atoms with Crippen molar-refractivity contribution in [2.75, 3.05) is 16.8 Å². The Bertz CT molecular complexity index is 1370. The highest BCUT2D eigenvalue weighted by atomic mass is 32.1. The van der Waals surface area contributed by atoms with Crippen LogP contribution in [0.5, 0.6) is 0 Å². The Hall–Kier alpha value is -3.48. The number of anilines is 2. The molecule has 1 aliphatic heterocycles. The number of alkyl halides is 3. The molecule has 0 aliphatic carbocycles. The Balaban J connectivity index is 1.56. The fourth-order valence-corrected chi connectivity index (χ4v) is 5.14. The second-order valence-corrected chi connectivity index (χ2v) is 9.14. The van der Waals surface area contributed by atoms with E-state index in [0.29, 0.717) is 24.0 Å². The van der Waals surface area contributed by atoms with Crippen molar-refractivity contribution >= 4 is 39.0 Å². The number of aryl methyl sites for hydroxylation is 1. The van der Waals surface area contributed by atoms with Crippen molar-refractivity contribution in [2.45, 2.75) is 46.0 Å². The molecule has 0 spiro atoms. The zero-order valence-electron chi connectivity index (χ0n) is 18.4.